The molecule has 0 aromatic heterocycles. The predicted molar refractivity (Wildman–Crippen MR) is 72.3 cm³/mol. The van der Waals surface area contributed by atoms with E-state index in [0.29, 0.717) is 5.92 Å². The van der Waals surface area contributed by atoms with Gasteiger partial charge in [-0.25, -0.2) is 0 Å². The molecule has 0 spiro atoms. The molecule has 0 aliphatic carbocycles. The lowest BCUT2D eigenvalue weighted by atomic mass is 10.1. The third-order valence-electron chi connectivity index (χ3n) is 2.49. The molecule has 0 saturated carbocycles. The summed E-state index contributed by atoms with van der Waals surface area (Å²) in [4.78, 5) is 10.1. The van der Waals surface area contributed by atoms with Gasteiger partial charge in [0, 0.05) is 12.1 Å². The molecule has 0 aliphatic heterocycles. The zero-order chi connectivity index (χ0) is 12.7. The molecular weight excluding hydrogens is 236 g/mol. The standard InChI is InChI=1S/C12H18N2O2S/c1-10(8-13)9-17-7-6-11-2-4-12(5-3-11)14(15)16/h2-5,10H,6-9,13H2,1H3. The van der Waals surface area contributed by atoms with E-state index >= 15 is 0 Å². The summed E-state index contributed by atoms with van der Waals surface area (Å²) in [6, 6.07) is 6.77. The molecule has 5 heteroatoms. The van der Waals surface area contributed by atoms with Gasteiger partial charge in [0.05, 0.1) is 4.92 Å². The Kier molecular flexibility index (Phi) is 6.00. The number of hydrogen-bond acceptors (Lipinski definition) is 4. The van der Waals surface area contributed by atoms with Crippen LogP contribution < -0.4 is 5.73 Å². The van der Waals surface area contributed by atoms with E-state index in [2.05, 4.69) is 6.92 Å². The molecule has 0 saturated heterocycles. The first kappa shape index (κ1) is 14.0. The fourth-order valence-corrected chi connectivity index (χ4v) is 2.41. The summed E-state index contributed by atoms with van der Waals surface area (Å²) in [7, 11) is 0. The largest absolute Gasteiger partial charge is 0.330 e. The number of thioether (sulfide) groups is 1. The van der Waals surface area contributed by atoms with E-state index in [9.17, 15) is 10.1 Å². The average molecular weight is 254 g/mol. The lowest BCUT2D eigenvalue weighted by Gasteiger charge is -2.07. The molecule has 0 radical (unpaired) electrons. The zero-order valence-electron chi connectivity index (χ0n) is 9.96. The van der Waals surface area contributed by atoms with Crippen molar-refractivity contribution >= 4 is 17.4 Å². The Morgan fingerprint density at radius 2 is 2.06 bits per heavy atom. The molecule has 1 aromatic carbocycles. The number of non-ortho nitro benzene ring substituents is 1. The Morgan fingerprint density at radius 3 is 2.59 bits per heavy atom. The van der Waals surface area contributed by atoms with E-state index in [4.69, 9.17) is 5.73 Å². The second-order valence-corrected chi connectivity index (χ2v) is 5.24. The molecule has 2 N–H and O–H groups in total. The third-order valence-corrected chi connectivity index (χ3v) is 3.78. The normalized spacial score (nSPS) is 12.4. The Balaban J connectivity index is 2.30. The van der Waals surface area contributed by atoms with Gasteiger partial charge in [-0.3, -0.25) is 10.1 Å². The summed E-state index contributed by atoms with van der Waals surface area (Å²) in [5.74, 6) is 2.66. The first-order valence-electron chi connectivity index (χ1n) is 5.64. The van der Waals surface area contributed by atoms with Gasteiger partial charge in [0.15, 0.2) is 0 Å². The fourth-order valence-electron chi connectivity index (χ4n) is 1.33. The predicted octanol–water partition coefficient (Wildman–Crippen LogP) is 2.47. The average Bonchev–Trinajstić information content (AvgIpc) is 2.34. The first-order valence-corrected chi connectivity index (χ1v) is 6.80. The summed E-state index contributed by atoms with van der Waals surface area (Å²) in [5.41, 5.74) is 6.83. The lowest BCUT2D eigenvalue weighted by Crippen LogP contribution is -2.13. The molecule has 0 amide bonds. The molecule has 0 aliphatic rings. The molecule has 1 aromatic rings. The van der Waals surface area contributed by atoms with Gasteiger partial charge in [-0.1, -0.05) is 19.1 Å². The van der Waals surface area contributed by atoms with E-state index in [1.54, 1.807) is 12.1 Å². The van der Waals surface area contributed by atoms with Gasteiger partial charge in [-0.2, -0.15) is 11.8 Å². The minimum Gasteiger partial charge on any atom is -0.330 e. The molecule has 1 rings (SSSR count). The highest BCUT2D eigenvalue weighted by Crippen LogP contribution is 2.14. The maximum absolute atomic E-state index is 10.5. The molecule has 0 heterocycles. The molecule has 1 atom stereocenters. The minimum absolute atomic E-state index is 0.151. The van der Waals surface area contributed by atoms with E-state index in [1.807, 2.05) is 23.9 Å². The van der Waals surface area contributed by atoms with Crippen molar-refractivity contribution in [2.45, 2.75) is 13.3 Å². The monoisotopic (exact) mass is 254 g/mol. The van der Waals surface area contributed by atoms with Crippen molar-refractivity contribution in [3.63, 3.8) is 0 Å². The van der Waals surface area contributed by atoms with Crippen molar-refractivity contribution in [1.82, 2.24) is 0 Å². The number of nitrogens with zero attached hydrogens (tertiary/aromatic N) is 1. The molecule has 0 bridgehead atoms. The summed E-state index contributed by atoms with van der Waals surface area (Å²) in [5, 5.41) is 10.5. The topological polar surface area (TPSA) is 69.2 Å². The maximum Gasteiger partial charge on any atom is 0.269 e. The minimum atomic E-state index is -0.374. The third kappa shape index (κ3) is 5.19. The molecular formula is C12H18N2O2S. The van der Waals surface area contributed by atoms with Crippen LogP contribution in [0.4, 0.5) is 5.69 Å². The zero-order valence-corrected chi connectivity index (χ0v) is 10.8. The van der Waals surface area contributed by atoms with Crippen LogP contribution in [0, 0.1) is 16.0 Å². The van der Waals surface area contributed by atoms with Crippen LogP contribution in [0.25, 0.3) is 0 Å². The van der Waals surface area contributed by atoms with Crippen molar-refractivity contribution < 1.29 is 4.92 Å². The summed E-state index contributed by atoms with van der Waals surface area (Å²) >= 11 is 1.88. The number of nitro groups is 1. The number of aryl methyl sites for hydroxylation is 1. The summed E-state index contributed by atoms with van der Waals surface area (Å²) < 4.78 is 0. The lowest BCUT2D eigenvalue weighted by molar-refractivity contribution is -0.384. The Hall–Kier alpha value is -1.07. The van der Waals surface area contributed by atoms with E-state index < -0.39 is 0 Å². The van der Waals surface area contributed by atoms with Crippen LogP contribution in [0.3, 0.4) is 0 Å². The van der Waals surface area contributed by atoms with Crippen LogP contribution in [0.15, 0.2) is 24.3 Å². The van der Waals surface area contributed by atoms with Crippen LogP contribution in [0.2, 0.25) is 0 Å². The van der Waals surface area contributed by atoms with Crippen LogP contribution in [0.5, 0.6) is 0 Å². The van der Waals surface area contributed by atoms with Crippen molar-refractivity contribution in [2.24, 2.45) is 11.7 Å². The van der Waals surface area contributed by atoms with Gasteiger partial charge in [-0.05, 0) is 36.0 Å². The molecule has 0 fully saturated rings. The highest BCUT2D eigenvalue weighted by atomic mass is 32.2. The number of rotatable bonds is 7. The Morgan fingerprint density at radius 1 is 1.41 bits per heavy atom. The maximum atomic E-state index is 10.5. The van der Waals surface area contributed by atoms with Gasteiger partial charge in [0.2, 0.25) is 0 Å². The highest BCUT2D eigenvalue weighted by molar-refractivity contribution is 7.99. The van der Waals surface area contributed by atoms with Gasteiger partial charge < -0.3 is 5.73 Å². The van der Waals surface area contributed by atoms with Gasteiger partial charge in [0.25, 0.3) is 5.69 Å². The highest BCUT2D eigenvalue weighted by Gasteiger charge is 2.04. The summed E-state index contributed by atoms with van der Waals surface area (Å²) in [6.07, 6.45) is 0.944. The number of benzene rings is 1. The summed E-state index contributed by atoms with van der Waals surface area (Å²) in [6.45, 7) is 2.86. The molecule has 94 valence electrons. The van der Waals surface area contributed by atoms with Crippen molar-refractivity contribution in [3.05, 3.63) is 39.9 Å². The van der Waals surface area contributed by atoms with Gasteiger partial charge in [-0.15, -0.1) is 0 Å². The second-order valence-electron chi connectivity index (χ2n) is 4.09. The van der Waals surface area contributed by atoms with Crippen LogP contribution in [-0.4, -0.2) is 23.0 Å². The van der Waals surface area contributed by atoms with Crippen molar-refractivity contribution in [1.29, 1.82) is 0 Å². The fraction of sp³-hybridized carbons (Fsp3) is 0.500. The van der Waals surface area contributed by atoms with Gasteiger partial charge in [0.1, 0.15) is 0 Å². The number of hydrogen-bond donors (Lipinski definition) is 1. The van der Waals surface area contributed by atoms with E-state index in [-0.39, 0.29) is 10.6 Å². The number of nitrogens with two attached hydrogens (primary N) is 1. The first-order chi connectivity index (χ1) is 8.13. The van der Waals surface area contributed by atoms with E-state index in [1.165, 1.54) is 0 Å². The molecule has 4 nitrogen and oxygen atoms in total. The quantitative estimate of drug-likeness (QED) is 0.461. The van der Waals surface area contributed by atoms with E-state index in [0.717, 1.165) is 30.0 Å². The van der Waals surface area contributed by atoms with Crippen molar-refractivity contribution in [2.75, 3.05) is 18.1 Å². The second kappa shape index (κ2) is 7.29. The van der Waals surface area contributed by atoms with Crippen molar-refractivity contribution in [3.8, 4) is 0 Å². The van der Waals surface area contributed by atoms with Crippen LogP contribution in [0.1, 0.15) is 12.5 Å². The molecule has 1 unspecified atom stereocenters. The Bertz CT molecular complexity index is 354. The smallest absolute Gasteiger partial charge is 0.269 e. The molecule has 17 heavy (non-hydrogen) atoms. The number of nitro benzene ring substituents is 1. The SMILES string of the molecule is CC(CN)CSCCc1ccc([N+](=O)[O-])cc1. The Labute approximate surface area is 106 Å². The van der Waals surface area contributed by atoms with Crippen LogP contribution in [-0.2, 0) is 6.42 Å². The van der Waals surface area contributed by atoms with Crippen LogP contribution >= 0.6 is 11.8 Å². The van der Waals surface area contributed by atoms with Gasteiger partial charge >= 0.3 is 0 Å².